The van der Waals surface area contributed by atoms with Gasteiger partial charge < -0.3 is 4.98 Å². The van der Waals surface area contributed by atoms with Crippen LogP contribution in [-0.4, -0.2) is 4.98 Å². The van der Waals surface area contributed by atoms with Crippen LogP contribution >= 0.6 is 0 Å². The Balaban J connectivity index is 2.85. The molecule has 0 spiro atoms. The van der Waals surface area contributed by atoms with Gasteiger partial charge in [0.15, 0.2) is 0 Å². The molecule has 0 bridgehead atoms. The third-order valence-electron chi connectivity index (χ3n) is 2.02. The lowest BCUT2D eigenvalue weighted by atomic mass is 10.3. The molecule has 0 unspecified atom stereocenters. The van der Waals surface area contributed by atoms with Crippen molar-refractivity contribution in [1.82, 2.24) is 4.98 Å². The molecular weight excluding hydrogens is 134 g/mol. The summed E-state index contributed by atoms with van der Waals surface area (Å²) in [6, 6.07) is 0. The molecule has 1 heteroatoms. The number of H-pyrrole nitrogens is 1. The van der Waals surface area contributed by atoms with Gasteiger partial charge in [0.05, 0.1) is 0 Å². The summed E-state index contributed by atoms with van der Waals surface area (Å²) < 4.78 is 0. The first-order chi connectivity index (χ1) is 5.38. The van der Waals surface area contributed by atoms with Crippen LogP contribution in [0.4, 0.5) is 0 Å². The van der Waals surface area contributed by atoms with Crippen molar-refractivity contribution in [2.24, 2.45) is 0 Å². The second-order valence-corrected chi connectivity index (χ2v) is 2.83. The van der Waals surface area contributed by atoms with Gasteiger partial charge in [0.25, 0.3) is 0 Å². The van der Waals surface area contributed by atoms with Crippen LogP contribution in [0.1, 0.15) is 12.0 Å². The Morgan fingerprint density at radius 3 is 3.27 bits per heavy atom. The molecule has 1 nitrogen and oxygen atoms in total. The van der Waals surface area contributed by atoms with Crippen LogP contribution in [0.2, 0.25) is 0 Å². The molecule has 0 aromatic carbocycles. The first kappa shape index (κ1) is 6.47. The zero-order chi connectivity index (χ0) is 7.68. The largest absolute Gasteiger partial charge is 0.361 e. The van der Waals surface area contributed by atoms with Crippen molar-refractivity contribution < 1.29 is 0 Å². The Morgan fingerprint density at radius 1 is 1.45 bits per heavy atom. The summed E-state index contributed by atoms with van der Waals surface area (Å²) in [7, 11) is 0. The van der Waals surface area contributed by atoms with Gasteiger partial charge in [0.2, 0.25) is 0 Å². The topological polar surface area (TPSA) is 15.8 Å². The smallest absolute Gasteiger partial charge is 0.0419 e. The zero-order valence-electron chi connectivity index (χ0n) is 6.59. The third-order valence-corrected chi connectivity index (χ3v) is 2.02. The first-order valence-corrected chi connectivity index (χ1v) is 3.89. The van der Waals surface area contributed by atoms with Crippen molar-refractivity contribution in [3.8, 4) is 0 Å². The number of aryl methyl sites for hydroxylation is 1. The van der Waals surface area contributed by atoms with Gasteiger partial charge in [-0.1, -0.05) is 24.3 Å². The highest BCUT2D eigenvalue weighted by Gasteiger charge is 1.92. The molecule has 1 aromatic rings. The zero-order valence-corrected chi connectivity index (χ0v) is 6.59. The Kier molecular flexibility index (Phi) is 1.42. The SMILES string of the molecule is Cc1c[nH]c2c1=CC=CCC=2. The monoisotopic (exact) mass is 145 g/mol. The van der Waals surface area contributed by atoms with Crippen LogP contribution in [0, 0.1) is 6.92 Å². The van der Waals surface area contributed by atoms with Crippen LogP contribution in [0.15, 0.2) is 18.3 Å². The summed E-state index contributed by atoms with van der Waals surface area (Å²) in [6.45, 7) is 2.12. The first-order valence-electron chi connectivity index (χ1n) is 3.89. The highest BCUT2D eigenvalue weighted by atomic mass is 14.7. The molecule has 0 atom stereocenters. The minimum Gasteiger partial charge on any atom is -0.361 e. The van der Waals surface area contributed by atoms with E-state index in [2.05, 4.69) is 42.4 Å². The second kappa shape index (κ2) is 2.42. The Hall–Kier alpha value is -1.24. The molecule has 1 aromatic heterocycles. The Morgan fingerprint density at radius 2 is 2.36 bits per heavy atom. The molecule has 0 amide bonds. The number of allylic oxidation sites excluding steroid dienone is 2. The fourth-order valence-corrected chi connectivity index (χ4v) is 1.37. The number of hydrogen-bond donors (Lipinski definition) is 1. The molecule has 0 fully saturated rings. The van der Waals surface area contributed by atoms with Gasteiger partial charge in [0, 0.05) is 16.8 Å². The van der Waals surface area contributed by atoms with Gasteiger partial charge >= 0.3 is 0 Å². The molecule has 1 aliphatic carbocycles. The summed E-state index contributed by atoms with van der Waals surface area (Å²) in [6.07, 6.45) is 11.7. The predicted molar refractivity (Wildman–Crippen MR) is 47.5 cm³/mol. The quantitative estimate of drug-likeness (QED) is 0.557. The van der Waals surface area contributed by atoms with Crippen LogP contribution in [0.25, 0.3) is 12.2 Å². The van der Waals surface area contributed by atoms with Crippen LogP contribution < -0.4 is 10.6 Å². The second-order valence-electron chi connectivity index (χ2n) is 2.83. The highest BCUT2D eigenvalue weighted by molar-refractivity contribution is 5.44. The van der Waals surface area contributed by atoms with E-state index in [1.807, 2.05) is 0 Å². The molecule has 1 N–H and O–H groups in total. The molecular formula is C10H11N. The number of aromatic nitrogens is 1. The lowest BCUT2D eigenvalue weighted by molar-refractivity contribution is 1.29. The number of hydrogen-bond acceptors (Lipinski definition) is 0. The van der Waals surface area contributed by atoms with Crippen LogP contribution in [-0.2, 0) is 0 Å². The van der Waals surface area contributed by atoms with Crippen molar-refractivity contribution in [2.75, 3.05) is 0 Å². The maximum atomic E-state index is 3.24. The van der Waals surface area contributed by atoms with E-state index in [1.165, 1.54) is 16.1 Å². The van der Waals surface area contributed by atoms with Crippen molar-refractivity contribution in [2.45, 2.75) is 13.3 Å². The van der Waals surface area contributed by atoms with Crippen LogP contribution in [0.5, 0.6) is 0 Å². The summed E-state index contributed by atoms with van der Waals surface area (Å²) in [5.74, 6) is 0. The maximum Gasteiger partial charge on any atom is 0.0419 e. The van der Waals surface area contributed by atoms with Gasteiger partial charge in [-0.3, -0.25) is 0 Å². The standard InChI is InChI=1S/C10H11N/c1-8-7-11-10-6-4-2-3-5-9(8)10/h2-3,5-7,11H,4H2,1H3. The summed E-state index contributed by atoms with van der Waals surface area (Å²) in [5.41, 5.74) is 1.32. The average Bonchev–Trinajstić information content (AvgIpc) is 2.25. The average molecular weight is 145 g/mol. The molecule has 2 rings (SSSR count). The lowest BCUT2D eigenvalue weighted by Gasteiger charge is -1.78. The fourth-order valence-electron chi connectivity index (χ4n) is 1.37. The number of fused-ring (bicyclic) bond motifs is 1. The van der Waals surface area contributed by atoms with E-state index in [-0.39, 0.29) is 0 Å². The van der Waals surface area contributed by atoms with E-state index >= 15 is 0 Å². The number of aromatic amines is 1. The van der Waals surface area contributed by atoms with E-state index in [0.29, 0.717) is 0 Å². The minimum atomic E-state index is 1.03. The molecule has 0 saturated carbocycles. The van der Waals surface area contributed by atoms with E-state index in [0.717, 1.165) is 6.42 Å². The molecule has 1 heterocycles. The van der Waals surface area contributed by atoms with Crippen molar-refractivity contribution in [1.29, 1.82) is 0 Å². The summed E-state index contributed by atoms with van der Waals surface area (Å²) in [4.78, 5) is 3.24. The molecule has 0 saturated heterocycles. The predicted octanol–water partition coefficient (Wildman–Crippen LogP) is 0.844. The third kappa shape index (κ3) is 1.03. The van der Waals surface area contributed by atoms with E-state index in [9.17, 15) is 0 Å². The van der Waals surface area contributed by atoms with E-state index in [4.69, 9.17) is 0 Å². The van der Waals surface area contributed by atoms with Gasteiger partial charge in [-0.25, -0.2) is 0 Å². The highest BCUT2D eigenvalue weighted by Crippen LogP contribution is 1.89. The molecule has 0 aliphatic heterocycles. The van der Waals surface area contributed by atoms with Gasteiger partial charge in [-0.2, -0.15) is 0 Å². The maximum absolute atomic E-state index is 3.24. The summed E-state index contributed by atoms with van der Waals surface area (Å²) >= 11 is 0. The van der Waals surface area contributed by atoms with Crippen molar-refractivity contribution >= 4 is 12.2 Å². The van der Waals surface area contributed by atoms with Gasteiger partial charge in [-0.15, -0.1) is 0 Å². The Bertz CT molecular complexity index is 393. The number of nitrogens with one attached hydrogen (secondary N) is 1. The lowest BCUT2D eigenvalue weighted by Crippen LogP contribution is -2.22. The van der Waals surface area contributed by atoms with E-state index < -0.39 is 0 Å². The summed E-state index contributed by atoms with van der Waals surface area (Å²) in [5, 5.41) is 2.59. The normalized spacial score (nSPS) is 14.6. The fraction of sp³-hybridized carbons (Fsp3) is 0.200. The van der Waals surface area contributed by atoms with Crippen molar-refractivity contribution in [3.05, 3.63) is 34.5 Å². The van der Waals surface area contributed by atoms with Crippen molar-refractivity contribution in [3.63, 3.8) is 0 Å². The van der Waals surface area contributed by atoms with Gasteiger partial charge in [0.1, 0.15) is 0 Å². The van der Waals surface area contributed by atoms with Gasteiger partial charge in [-0.05, 0) is 18.9 Å². The number of rotatable bonds is 0. The minimum absolute atomic E-state index is 1.03. The molecule has 11 heavy (non-hydrogen) atoms. The Labute approximate surface area is 65.8 Å². The molecule has 1 aliphatic rings. The molecule has 0 radical (unpaired) electrons. The van der Waals surface area contributed by atoms with Crippen LogP contribution in [0.3, 0.4) is 0 Å². The van der Waals surface area contributed by atoms with E-state index in [1.54, 1.807) is 0 Å². The molecule has 56 valence electrons.